The molecule has 0 saturated heterocycles. The van der Waals surface area contributed by atoms with Crippen LogP contribution >= 0.6 is 0 Å². The molecule has 3 aromatic rings. The number of carbonyl (C=O) groups is 1. The van der Waals surface area contributed by atoms with Crippen LogP contribution in [0.5, 0.6) is 5.75 Å². The Labute approximate surface area is 131 Å². The zero-order valence-electron chi connectivity index (χ0n) is 12.3. The lowest BCUT2D eigenvalue weighted by Gasteiger charge is -2.15. The highest BCUT2D eigenvalue weighted by Crippen LogP contribution is 2.18. The third-order valence-corrected chi connectivity index (χ3v) is 3.36. The van der Waals surface area contributed by atoms with Crippen LogP contribution in [0.3, 0.4) is 0 Å². The van der Waals surface area contributed by atoms with Crippen molar-refractivity contribution in [3.63, 3.8) is 0 Å². The number of H-pyrrole nitrogens is 1. The summed E-state index contributed by atoms with van der Waals surface area (Å²) in [5, 5.41) is 13.3. The van der Waals surface area contributed by atoms with Gasteiger partial charge >= 0.3 is 5.69 Å². The third-order valence-electron chi connectivity index (χ3n) is 3.36. The molecule has 0 atom stereocenters. The van der Waals surface area contributed by atoms with E-state index in [2.05, 4.69) is 10.1 Å². The average Bonchev–Trinajstić information content (AvgIpc) is 2.97. The van der Waals surface area contributed by atoms with E-state index in [9.17, 15) is 14.7 Å². The predicted molar refractivity (Wildman–Crippen MR) is 85.0 cm³/mol. The summed E-state index contributed by atoms with van der Waals surface area (Å²) in [6.07, 6.45) is 0. The summed E-state index contributed by atoms with van der Waals surface area (Å²) in [4.78, 5) is 28.2. The van der Waals surface area contributed by atoms with Crippen LogP contribution in [0, 0.1) is 0 Å². The summed E-state index contributed by atoms with van der Waals surface area (Å²) in [6, 6.07) is 15.0. The minimum atomic E-state index is -0.487. The first-order chi connectivity index (χ1) is 11.1. The molecule has 0 aliphatic heterocycles. The Balaban J connectivity index is 1.91. The predicted octanol–water partition coefficient (Wildman–Crippen LogP) is 1.54. The van der Waals surface area contributed by atoms with Crippen LogP contribution in [0.25, 0.3) is 5.69 Å². The van der Waals surface area contributed by atoms with Gasteiger partial charge in [0.2, 0.25) is 5.82 Å². The summed E-state index contributed by atoms with van der Waals surface area (Å²) in [7, 11) is 1.56. The second-order valence-corrected chi connectivity index (χ2v) is 4.91. The molecule has 7 nitrogen and oxygen atoms in total. The molecule has 0 bridgehead atoms. The number of rotatable bonds is 3. The molecule has 116 valence electrons. The molecule has 1 amide bonds. The van der Waals surface area contributed by atoms with Crippen molar-refractivity contribution in [2.75, 3.05) is 11.9 Å². The molecule has 0 fully saturated rings. The van der Waals surface area contributed by atoms with Crippen LogP contribution < -0.4 is 10.6 Å². The van der Waals surface area contributed by atoms with Gasteiger partial charge in [0, 0.05) is 12.7 Å². The van der Waals surface area contributed by atoms with Crippen LogP contribution in [0.2, 0.25) is 0 Å². The Morgan fingerprint density at radius 1 is 1.13 bits per heavy atom. The van der Waals surface area contributed by atoms with Crippen LogP contribution in [-0.2, 0) is 0 Å². The van der Waals surface area contributed by atoms with Gasteiger partial charge < -0.3 is 10.0 Å². The molecule has 1 aromatic heterocycles. The van der Waals surface area contributed by atoms with E-state index in [-0.39, 0.29) is 11.6 Å². The maximum Gasteiger partial charge on any atom is 0.348 e. The van der Waals surface area contributed by atoms with E-state index in [4.69, 9.17) is 0 Å². The van der Waals surface area contributed by atoms with E-state index in [0.717, 1.165) is 4.68 Å². The van der Waals surface area contributed by atoms with Crippen molar-refractivity contribution in [3.05, 3.63) is 70.9 Å². The lowest BCUT2D eigenvalue weighted by molar-refractivity contribution is 0.0983. The van der Waals surface area contributed by atoms with Gasteiger partial charge in [-0.05, 0) is 36.4 Å². The van der Waals surface area contributed by atoms with E-state index in [0.29, 0.717) is 11.4 Å². The minimum Gasteiger partial charge on any atom is -0.508 e. The second-order valence-electron chi connectivity index (χ2n) is 4.91. The first-order valence-electron chi connectivity index (χ1n) is 6.88. The number of carbonyl (C=O) groups excluding carboxylic acids is 1. The van der Waals surface area contributed by atoms with Crippen LogP contribution in [0.1, 0.15) is 10.6 Å². The van der Waals surface area contributed by atoms with Gasteiger partial charge in [0.25, 0.3) is 5.91 Å². The van der Waals surface area contributed by atoms with Gasteiger partial charge in [-0.2, -0.15) is 4.68 Å². The lowest BCUT2D eigenvalue weighted by Crippen LogP contribution is -2.27. The number of phenols is 1. The van der Waals surface area contributed by atoms with Gasteiger partial charge in [0.15, 0.2) is 0 Å². The van der Waals surface area contributed by atoms with Crippen molar-refractivity contribution >= 4 is 11.6 Å². The zero-order valence-corrected chi connectivity index (χ0v) is 12.3. The number of anilines is 1. The molecule has 0 saturated carbocycles. The zero-order chi connectivity index (χ0) is 16.4. The summed E-state index contributed by atoms with van der Waals surface area (Å²) in [5.41, 5.74) is 0.654. The summed E-state index contributed by atoms with van der Waals surface area (Å²) < 4.78 is 1.14. The van der Waals surface area contributed by atoms with Crippen molar-refractivity contribution < 1.29 is 9.90 Å². The Bertz CT molecular complexity index is 882. The largest absolute Gasteiger partial charge is 0.508 e. The van der Waals surface area contributed by atoms with E-state index in [1.165, 1.54) is 17.0 Å². The first-order valence-corrected chi connectivity index (χ1v) is 6.88. The molecule has 7 heteroatoms. The van der Waals surface area contributed by atoms with Gasteiger partial charge in [-0.1, -0.05) is 18.2 Å². The Morgan fingerprint density at radius 2 is 1.78 bits per heavy atom. The van der Waals surface area contributed by atoms with E-state index in [1.54, 1.807) is 43.4 Å². The normalized spacial score (nSPS) is 10.5. The quantitative estimate of drug-likeness (QED) is 0.767. The number of para-hydroxylation sites is 1. The molecule has 0 spiro atoms. The number of nitrogens with one attached hydrogen (secondary N) is 1. The number of nitrogens with zero attached hydrogens (tertiary/aromatic N) is 3. The number of benzene rings is 2. The number of hydrogen-bond donors (Lipinski definition) is 2. The van der Waals surface area contributed by atoms with Gasteiger partial charge in [-0.15, -0.1) is 5.10 Å². The number of aromatic nitrogens is 3. The molecular weight excluding hydrogens is 296 g/mol. The van der Waals surface area contributed by atoms with E-state index in [1.807, 2.05) is 6.07 Å². The molecular formula is C16H14N4O3. The number of aromatic hydroxyl groups is 1. The number of phenolic OH excluding ortho intramolecular Hbond substituents is 1. The molecule has 0 aliphatic carbocycles. The molecule has 1 heterocycles. The highest BCUT2D eigenvalue weighted by molar-refractivity contribution is 6.03. The van der Waals surface area contributed by atoms with E-state index < -0.39 is 11.6 Å². The van der Waals surface area contributed by atoms with Crippen molar-refractivity contribution in [2.24, 2.45) is 0 Å². The Morgan fingerprint density at radius 3 is 2.43 bits per heavy atom. The number of amides is 1. The fourth-order valence-corrected chi connectivity index (χ4v) is 2.12. The summed E-state index contributed by atoms with van der Waals surface area (Å²) >= 11 is 0. The fourth-order valence-electron chi connectivity index (χ4n) is 2.12. The number of aromatic amines is 1. The highest BCUT2D eigenvalue weighted by Gasteiger charge is 2.19. The smallest absolute Gasteiger partial charge is 0.348 e. The molecule has 0 radical (unpaired) electrons. The van der Waals surface area contributed by atoms with E-state index >= 15 is 0 Å². The summed E-state index contributed by atoms with van der Waals surface area (Å²) in [5.74, 6) is -0.409. The molecule has 2 N–H and O–H groups in total. The van der Waals surface area contributed by atoms with Gasteiger partial charge in [0.1, 0.15) is 5.75 Å². The third kappa shape index (κ3) is 2.84. The SMILES string of the molecule is CN(C(=O)c1nn(-c2ccccc2)c(=O)[nH]1)c1ccc(O)cc1. The van der Waals surface area contributed by atoms with Gasteiger partial charge in [-0.3, -0.25) is 9.78 Å². The molecule has 2 aromatic carbocycles. The lowest BCUT2D eigenvalue weighted by atomic mass is 10.3. The second kappa shape index (κ2) is 5.80. The highest BCUT2D eigenvalue weighted by atomic mass is 16.3. The van der Waals surface area contributed by atoms with Crippen molar-refractivity contribution in [1.82, 2.24) is 14.8 Å². The molecule has 0 unspecified atom stereocenters. The topological polar surface area (TPSA) is 91.2 Å². The van der Waals surface area contributed by atoms with Crippen molar-refractivity contribution in [3.8, 4) is 11.4 Å². The maximum absolute atomic E-state index is 12.4. The van der Waals surface area contributed by atoms with Crippen LogP contribution in [0.15, 0.2) is 59.4 Å². The minimum absolute atomic E-state index is 0.0607. The molecule has 3 rings (SSSR count). The Hall–Kier alpha value is -3.35. The van der Waals surface area contributed by atoms with Crippen LogP contribution in [-0.4, -0.2) is 32.8 Å². The molecule has 0 aliphatic rings. The first kappa shape index (κ1) is 14.6. The summed E-state index contributed by atoms with van der Waals surface area (Å²) in [6.45, 7) is 0. The Kier molecular flexibility index (Phi) is 3.68. The molecule has 23 heavy (non-hydrogen) atoms. The average molecular weight is 310 g/mol. The standard InChI is InChI=1S/C16H14N4O3/c1-19(11-7-9-13(21)10-8-11)15(22)14-17-16(23)20(18-14)12-5-3-2-4-6-12/h2-10,21H,1H3,(H,17,18,23). The fraction of sp³-hybridized carbons (Fsp3) is 0.0625. The van der Waals surface area contributed by atoms with Crippen LogP contribution in [0.4, 0.5) is 5.69 Å². The van der Waals surface area contributed by atoms with Gasteiger partial charge in [-0.25, -0.2) is 4.79 Å². The monoisotopic (exact) mass is 310 g/mol. The van der Waals surface area contributed by atoms with Crippen molar-refractivity contribution in [2.45, 2.75) is 0 Å². The van der Waals surface area contributed by atoms with Gasteiger partial charge in [0.05, 0.1) is 5.69 Å². The number of hydrogen-bond acceptors (Lipinski definition) is 4. The van der Waals surface area contributed by atoms with Crippen molar-refractivity contribution in [1.29, 1.82) is 0 Å². The maximum atomic E-state index is 12.4.